The molecule has 0 spiro atoms. The third-order valence-electron chi connectivity index (χ3n) is 4.80. The molecular formula is C23H18F2N4O. The molecular weight excluding hydrogens is 386 g/mol. The van der Waals surface area contributed by atoms with Crippen molar-refractivity contribution in [2.24, 2.45) is 0 Å². The minimum atomic E-state index is -0.818. The van der Waals surface area contributed by atoms with Crippen LogP contribution in [0.1, 0.15) is 27.0 Å². The molecule has 30 heavy (non-hydrogen) atoms. The Kier molecular flexibility index (Phi) is 5.34. The van der Waals surface area contributed by atoms with Crippen LogP contribution in [0.15, 0.2) is 73.2 Å². The number of benzene rings is 2. The van der Waals surface area contributed by atoms with E-state index in [1.54, 1.807) is 12.3 Å². The lowest BCUT2D eigenvalue weighted by Crippen LogP contribution is -2.09. The Morgan fingerprint density at radius 2 is 1.77 bits per heavy atom. The van der Waals surface area contributed by atoms with Crippen molar-refractivity contribution in [3.63, 3.8) is 0 Å². The summed E-state index contributed by atoms with van der Waals surface area (Å²) in [6, 6.07) is 14.2. The zero-order valence-corrected chi connectivity index (χ0v) is 15.9. The number of carbonyl (C=O) groups is 1. The molecule has 7 heteroatoms. The first-order valence-corrected chi connectivity index (χ1v) is 9.34. The number of halogens is 2. The van der Waals surface area contributed by atoms with Crippen LogP contribution in [0, 0.1) is 11.6 Å². The number of anilines is 1. The van der Waals surface area contributed by atoms with Gasteiger partial charge in [0, 0.05) is 24.0 Å². The number of rotatable bonds is 6. The Labute approximate surface area is 171 Å². The van der Waals surface area contributed by atoms with Crippen molar-refractivity contribution in [1.82, 2.24) is 14.8 Å². The zero-order chi connectivity index (χ0) is 21.1. The number of nitrogens with two attached hydrogens (primary N) is 1. The summed E-state index contributed by atoms with van der Waals surface area (Å²) in [5.74, 6) is -1.85. The second kappa shape index (κ2) is 8.24. The van der Waals surface area contributed by atoms with Gasteiger partial charge in [-0.2, -0.15) is 5.10 Å². The first-order valence-electron chi connectivity index (χ1n) is 9.34. The van der Waals surface area contributed by atoms with Gasteiger partial charge in [0.1, 0.15) is 17.3 Å². The second-order valence-electron chi connectivity index (χ2n) is 6.84. The van der Waals surface area contributed by atoms with Crippen molar-refractivity contribution in [3.8, 4) is 5.69 Å². The lowest BCUT2D eigenvalue weighted by atomic mass is 9.99. The van der Waals surface area contributed by atoms with Gasteiger partial charge in [0.25, 0.3) is 0 Å². The van der Waals surface area contributed by atoms with E-state index in [0.717, 1.165) is 40.8 Å². The summed E-state index contributed by atoms with van der Waals surface area (Å²) >= 11 is 0. The van der Waals surface area contributed by atoms with Crippen molar-refractivity contribution >= 4 is 11.6 Å². The van der Waals surface area contributed by atoms with Gasteiger partial charge in [-0.15, -0.1) is 0 Å². The minimum absolute atomic E-state index is 0.00808. The van der Waals surface area contributed by atoms with Gasteiger partial charge in [-0.25, -0.2) is 13.5 Å². The van der Waals surface area contributed by atoms with Crippen molar-refractivity contribution in [3.05, 3.63) is 107 Å². The molecule has 0 radical (unpaired) electrons. The van der Waals surface area contributed by atoms with Crippen molar-refractivity contribution in [2.45, 2.75) is 12.8 Å². The Balaban J connectivity index is 1.57. The molecule has 0 amide bonds. The third kappa shape index (κ3) is 3.96. The van der Waals surface area contributed by atoms with Crippen LogP contribution >= 0.6 is 0 Å². The zero-order valence-electron chi connectivity index (χ0n) is 15.9. The fourth-order valence-corrected chi connectivity index (χ4v) is 3.24. The minimum Gasteiger partial charge on any atom is -0.383 e. The topological polar surface area (TPSA) is 73.8 Å². The van der Waals surface area contributed by atoms with E-state index in [0.29, 0.717) is 5.56 Å². The first-order chi connectivity index (χ1) is 14.5. The summed E-state index contributed by atoms with van der Waals surface area (Å²) < 4.78 is 28.3. The van der Waals surface area contributed by atoms with E-state index in [4.69, 9.17) is 5.73 Å². The highest BCUT2D eigenvalue weighted by atomic mass is 19.1. The maximum atomic E-state index is 14.1. The van der Waals surface area contributed by atoms with Gasteiger partial charge in [0.15, 0.2) is 11.6 Å². The molecule has 0 atom stereocenters. The largest absolute Gasteiger partial charge is 0.383 e. The number of nitrogens with zero attached hydrogens (tertiary/aromatic N) is 3. The molecule has 0 aliphatic rings. The van der Waals surface area contributed by atoms with Crippen LogP contribution < -0.4 is 5.73 Å². The third-order valence-corrected chi connectivity index (χ3v) is 4.80. The van der Waals surface area contributed by atoms with Crippen molar-refractivity contribution < 1.29 is 13.6 Å². The molecule has 2 aromatic heterocycles. The van der Waals surface area contributed by atoms with E-state index in [1.807, 2.05) is 36.5 Å². The number of pyridine rings is 1. The van der Waals surface area contributed by atoms with E-state index in [1.165, 1.54) is 12.3 Å². The van der Waals surface area contributed by atoms with Gasteiger partial charge in [0.05, 0.1) is 11.8 Å². The molecule has 2 N–H and O–H groups in total. The number of ketones is 1. The average Bonchev–Trinajstić information content (AvgIpc) is 3.14. The number of aromatic nitrogens is 3. The molecule has 0 bridgehead atoms. The van der Waals surface area contributed by atoms with E-state index in [2.05, 4.69) is 10.1 Å². The number of carbonyl (C=O) groups excluding carboxylic acids is 1. The quantitative estimate of drug-likeness (QED) is 0.490. The summed E-state index contributed by atoms with van der Waals surface area (Å²) in [6.45, 7) is 0. The van der Waals surface area contributed by atoms with Crippen LogP contribution in [0.4, 0.5) is 14.6 Å². The van der Waals surface area contributed by atoms with Crippen LogP contribution in [-0.2, 0) is 12.8 Å². The molecule has 5 nitrogen and oxygen atoms in total. The summed E-state index contributed by atoms with van der Waals surface area (Å²) in [5, 5.41) is 4.02. The predicted molar refractivity (Wildman–Crippen MR) is 109 cm³/mol. The average molecular weight is 404 g/mol. The smallest absolute Gasteiger partial charge is 0.198 e. The molecule has 0 saturated heterocycles. The SMILES string of the molecule is Nc1c(C(=O)c2cccc(CCc3cccnc3)c2)cnn1-c1ccc(F)cc1F. The summed E-state index contributed by atoms with van der Waals surface area (Å²) in [5.41, 5.74) is 8.77. The van der Waals surface area contributed by atoms with Gasteiger partial charge in [-0.3, -0.25) is 9.78 Å². The Morgan fingerprint density at radius 1 is 0.967 bits per heavy atom. The molecule has 4 rings (SSSR count). The summed E-state index contributed by atoms with van der Waals surface area (Å²) in [6.07, 6.45) is 6.39. The Hall–Kier alpha value is -3.87. The molecule has 0 aliphatic heterocycles. The second-order valence-corrected chi connectivity index (χ2v) is 6.84. The van der Waals surface area contributed by atoms with Gasteiger partial charge < -0.3 is 5.73 Å². The maximum Gasteiger partial charge on any atom is 0.198 e. The monoisotopic (exact) mass is 404 g/mol. The fraction of sp³-hybridized carbons (Fsp3) is 0.0870. The molecule has 0 aliphatic carbocycles. The molecule has 0 fully saturated rings. The first kappa shape index (κ1) is 19.4. The standard InChI is InChI=1S/C23H18F2N4O/c24-18-8-9-21(20(25)12-18)29-23(26)19(14-28-29)22(30)17-5-1-3-15(11-17)6-7-16-4-2-10-27-13-16/h1-5,8-14H,6-7,26H2. The van der Waals surface area contributed by atoms with E-state index >= 15 is 0 Å². The van der Waals surface area contributed by atoms with Gasteiger partial charge in [-0.1, -0.05) is 24.3 Å². The lowest BCUT2D eigenvalue weighted by molar-refractivity contribution is 0.103. The molecule has 0 saturated carbocycles. The van der Waals surface area contributed by atoms with Gasteiger partial charge in [0.2, 0.25) is 0 Å². The molecule has 2 aromatic carbocycles. The summed E-state index contributed by atoms with van der Waals surface area (Å²) in [4.78, 5) is 17.1. The highest BCUT2D eigenvalue weighted by molar-refractivity contribution is 6.11. The van der Waals surface area contributed by atoms with E-state index in [9.17, 15) is 13.6 Å². The molecule has 2 heterocycles. The highest BCUT2D eigenvalue weighted by Crippen LogP contribution is 2.23. The van der Waals surface area contributed by atoms with Gasteiger partial charge >= 0.3 is 0 Å². The molecule has 150 valence electrons. The predicted octanol–water partition coefficient (Wildman–Crippen LogP) is 4.14. The number of nitrogen functional groups attached to an aromatic ring is 1. The van der Waals surface area contributed by atoms with Crippen LogP contribution in [-0.4, -0.2) is 20.5 Å². The number of hydrogen-bond donors (Lipinski definition) is 1. The Morgan fingerprint density at radius 3 is 2.53 bits per heavy atom. The van der Waals surface area contributed by atoms with Crippen molar-refractivity contribution in [2.75, 3.05) is 5.73 Å². The van der Waals surface area contributed by atoms with Crippen LogP contribution in [0.3, 0.4) is 0 Å². The van der Waals surface area contributed by atoms with Crippen LogP contribution in [0.5, 0.6) is 0 Å². The number of hydrogen-bond acceptors (Lipinski definition) is 4. The summed E-state index contributed by atoms with van der Waals surface area (Å²) in [7, 11) is 0. The van der Waals surface area contributed by atoms with E-state index in [-0.39, 0.29) is 22.9 Å². The normalized spacial score (nSPS) is 10.9. The van der Waals surface area contributed by atoms with E-state index < -0.39 is 11.6 Å². The molecule has 0 unspecified atom stereocenters. The maximum absolute atomic E-state index is 14.1. The Bertz CT molecular complexity index is 1210. The highest BCUT2D eigenvalue weighted by Gasteiger charge is 2.19. The lowest BCUT2D eigenvalue weighted by Gasteiger charge is -2.07. The number of aryl methyl sites for hydroxylation is 2. The van der Waals surface area contributed by atoms with Crippen LogP contribution in [0.25, 0.3) is 5.69 Å². The van der Waals surface area contributed by atoms with Crippen LogP contribution in [0.2, 0.25) is 0 Å². The van der Waals surface area contributed by atoms with Crippen molar-refractivity contribution in [1.29, 1.82) is 0 Å². The fourth-order valence-electron chi connectivity index (χ4n) is 3.24. The van der Waals surface area contributed by atoms with Gasteiger partial charge in [-0.05, 0) is 48.2 Å². The molecule has 4 aromatic rings.